The summed E-state index contributed by atoms with van der Waals surface area (Å²) < 4.78 is 0. The van der Waals surface area contributed by atoms with Gasteiger partial charge in [0.15, 0.2) is 0 Å². The van der Waals surface area contributed by atoms with Crippen LogP contribution in [-0.2, 0) is 9.59 Å². The number of hydrogen-bond acceptors (Lipinski definition) is 2. The molecule has 0 saturated heterocycles. The maximum Gasteiger partial charge on any atom is 0.246 e. The van der Waals surface area contributed by atoms with E-state index in [-0.39, 0.29) is 18.4 Å². The van der Waals surface area contributed by atoms with E-state index in [0.29, 0.717) is 6.04 Å². The van der Waals surface area contributed by atoms with Crippen molar-refractivity contribution in [1.82, 2.24) is 9.80 Å². The van der Waals surface area contributed by atoms with Crippen LogP contribution in [0, 0.1) is 0 Å². The minimum atomic E-state index is -0.213. The average molecular weight is 238 g/mol. The Kier molecular flexibility index (Phi) is 5.19. The summed E-state index contributed by atoms with van der Waals surface area (Å²) in [7, 11) is 3.46. The Hall–Kier alpha value is -1.32. The van der Waals surface area contributed by atoms with Crippen molar-refractivity contribution >= 4 is 11.8 Å². The molecule has 17 heavy (non-hydrogen) atoms. The topological polar surface area (TPSA) is 40.6 Å². The fourth-order valence-corrected chi connectivity index (χ4v) is 2.22. The van der Waals surface area contributed by atoms with Crippen molar-refractivity contribution < 1.29 is 9.59 Å². The van der Waals surface area contributed by atoms with E-state index in [4.69, 9.17) is 0 Å². The predicted octanol–water partition coefficient (Wildman–Crippen LogP) is 1.42. The average Bonchev–Trinajstić information content (AvgIpc) is 2.37. The summed E-state index contributed by atoms with van der Waals surface area (Å²) >= 11 is 0. The third kappa shape index (κ3) is 3.88. The molecule has 4 nitrogen and oxygen atoms in total. The largest absolute Gasteiger partial charge is 0.341 e. The third-order valence-electron chi connectivity index (χ3n) is 3.44. The molecular weight excluding hydrogens is 216 g/mol. The predicted molar refractivity (Wildman–Crippen MR) is 67.5 cm³/mol. The number of likely N-dealkylation sites (N-methyl/N-ethyl adjacent to an activating group) is 2. The van der Waals surface area contributed by atoms with Crippen molar-refractivity contribution in [2.75, 3.05) is 20.6 Å². The molecule has 0 bridgehead atoms. The molecule has 0 aliphatic heterocycles. The Balaban J connectivity index is 2.45. The SMILES string of the molecule is C=CC(=O)N(C)CC(=O)N(C)C1CCCCC1. The molecule has 4 heteroatoms. The minimum Gasteiger partial charge on any atom is -0.341 e. The van der Waals surface area contributed by atoms with Crippen LogP contribution in [0.3, 0.4) is 0 Å². The van der Waals surface area contributed by atoms with Crippen molar-refractivity contribution in [1.29, 1.82) is 0 Å². The van der Waals surface area contributed by atoms with Gasteiger partial charge in [-0.15, -0.1) is 0 Å². The second kappa shape index (κ2) is 6.42. The highest BCUT2D eigenvalue weighted by Gasteiger charge is 2.23. The highest BCUT2D eigenvalue weighted by Crippen LogP contribution is 2.21. The van der Waals surface area contributed by atoms with Gasteiger partial charge in [0.1, 0.15) is 0 Å². The van der Waals surface area contributed by atoms with Crippen LogP contribution in [0.25, 0.3) is 0 Å². The maximum absolute atomic E-state index is 12.0. The minimum absolute atomic E-state index is 0.00889. The van der Waals surface area contributed by atoms with Gasteiger partial charge in [-0.1, -0.05) is 25.8 Å². The Labute approximate surface area is 103 Å². The molecule has 0 radical (unpaired) electrons. The molecule has 2 amide bonds. The first-order valence-corrected chi connectivity index (χ1v) is 6.19. The van der Waals surface area contributed by atoms with E-state index >= 15 is 0 Å². The summed E-state index contributed by atoms with van der Waals surface area (Å²) in [4.78, 5) is 26.4. The van der Waals surface area contributed by atoms with E-state index in [2.05, 4.69) is 6.58 Å². The zero-order valence-electron chi connectivity index (χ0n) is 10.8. The van der Waals surface area contributed by atoms with Gasteiger partial charge in [0.05, 0.1) is 6.54 Å². The van der Waals surface area contributed by atoms with Crippen molar-refractivity contribution in [3.8, 4) is 0 Å². The maximum atomic E-state index is 12.0. The van der Waals surface area contributed by atoms with E-state index < -0.39 is 0 Å². The second-order valence-electron chi connectivity index (χ2n) is 4.69. The fraction of sp³-hybridized carbons (Fsp3) is 0.692. The second-order valence-corrected chi connectivity index (χ2v) is 4.69. The molecule has 1 aliphatic rings. The Morgan fingerprint density at radius 3 is 2.35 bits per heavy atom. The number of carbonyl (C=O) groups excluding carboxylic acids is 2. The van der Waals surface area contributed by atoms with Crippen LogP contribution in [0.1, 0.15) is 32.1 Å². The molecule has 0 aromatic rings. The Morgan fingerprint density at radius 1 is 1.24 bits per heavy atom. The monoisotopic (exact) mass is 238 g/mol. The molecule has 96 valence electrons. The van der Waals surface area contributed by atoms with Gasteiger partial charge >= 0.3 is 0 Å². The molecule has 0 N–H and O–H groups in total. The van der Waals surface area contributed by atoms with Gasteiger partial charge in [-0.2, -0.15) is 0 Å². The normalized spacial score (nSPS) is 16.4. The highest BCUT2D eigenvalue weighted by molar-refractivity contribution is 5.90. The van der Waals surface area contributed by atoms with Crippen LogP contribution in [0.2, 0.25) is 0 Å². The van der Waals surface area contributed by atoms with Crippen LogP contribution in [-0.4, -0.2) is 48.3 Å². The number of nitrogens with zero attached hydrogens (tertiary/aromatic N) is 2. The summed E-state index contributed by atoms with van der Waals surface area (Å²) in [6.45, 7) is 3.54. The van der Waals surface area contributed by atoms with Gasteiger partial charge in [0.2, 0.25) is 11.8 Å². The van der Waals surface area contributed by atoms with Crippen LogP contribution in [0.4, 0.5) is 0 Å². The van der Waals surface area contributed by atoms with Crippen LogP contribution in [0.15, 0.2) is 12.7 Å². The molecular formula is C13H22N2O2. The summed E-state index contributed by atoms with van der Waals surface area (Å²) in [5.41, 5.74) is 0. The zero-order valence-corrected chi connectivity index (χ0v) is 10.8. The van der Waals surface area contributed by atoms with Crippen LogP contribution >= 0.6 is 0 Å². The van der Waals surface area contributed by atoms with Crippen LogP contribution < -0.4 is 0 Å². The highest BCUT2D eigenvalue weighted by atomic mass is 16.2. The molecule has 0 aromatic heterocycles. The lowest BCUT2D eigenvalue weighted by Gasteiger charge is -2.32. The number of rotatable bonds is 4. The molecule has 1 saturated carbocycles. The molecule has 0 spiro atoms. The number of carbonyl (C=O) groups is 2. The standard InChI is InChI=1S/C13H22N2O2/c1-4-12(16)14(2)10-13(17)15(3)11-8-6-5-7-9-11/h4,11H,1,5-10H2,2-3H3. The Bertz CT molecular complexity index is 296. The van der Waals surface area contributed by atoms with E-state index in [1.807, 2.05) is 7.05 Å². The van der Waals surface area contributed by atoms with Gasteiger partial charge in [0, 0.05) is 20.1 Å². The van der Waals surface area contributed by atoms with Gasteiger partial charge in [0.25, 0.3) is 0 Å². The van der Waals surface area contributed by atoms with Crippen molar-refractivity contribution in [2.45, 2.75) is 38.1 Å². The zero-order chi connectivity index (χ0) is 12.8. The fourth-order valence-electron chi connectivity index (χ4n) is 2.22. The summed E-state index contributed by atoms with van der Waals surface area (Å²) in [6.07, 6.45) is 7.07. The lowest BCUT2D eigenvalue weighted by atomic mass is 9.94. The van der Waals surface area contributed by atoms with E-state index in [1.165, 1.54) is 30.2 Å². The molecule has 0 heterocycles. The van der Waals surface area contributed by atoms with Crippen LogP contribution in [0.5, 0.6) is 0 Å². The third-order valence-corrected chi connectivity index (χ3v) is 3.44. The lowest BCUT2D eigenvalue weighted by molar-refractivity contribution is -0.138. The number of hydrogen-bond donors (Lipinski definition) is 0. The quantitative estimate of drug-likeness (QED) is 0.695. The van der Waals surface area contributed by atoms with Gasteiger partial charge in [-0.25, -0.2) is 0 Å². The molecule has 0 unspecified atom stereocenters. The van der Waals surface area contributed by atoms with E-state index in [9.17, 15) is 9.59 Å². The summed E-state index contributed by atoms with van der Waals surface area (Å²) in [6, 6.07) is 0.350. The molecule has 1 rings (SSSR count). The first-order valence-electron chi connectivity index (χ1n) is 6.19. The van der Waals surface area contributed by atoms with Crippen molar-refractivity contribution in [3.63, 3.8) is 0 Å². The molecule has 1 fully saturated rings. The smallest absolute Gasteiger partial charge is 0.246 e. The number of amides is 2. The Morgan fingerprint density at radius 2 is 1.82 bits per heavy atom. The van der Waals surface area contributed by atoms with Gasteiger partial charge in [-0.3, -0.25) is 9.59 Å². The molecule has 0 aromatic carbocycles. The van der Waals surface area contributed by atoms with Crippen molar-refractivity contribution in [3.05, 3.63) is 12.7 Å². The lowest BCUT2D eigenvalue weighted by Crippen LogP contribution is -2.44. The summed E-state index contributed by atoms with van der Waals surface area (Å²) in [5.74, 6) is -0.204. The van der Waals surface area contributed by atoms with Crippen molar-refractivity contribution in [2.24, 2.45) is 0 Å². The molecule has 0 atom stereocenters. The molecule has 1 aliphatic carbocycles. The first-order chi connectivity index (χ1) is 8.06. The first kappa shape index (κ1) is 13.7. The summed E-state index contributed by atoms with van der Waals surface area (Å²) in [5, 5.41) is 0. The van der Waals surface area contributed by atoms with Gasteiger partial charge in [-0.05, 0) is 18.9 Å². The van der Waals surface area contributed by atoms with E-state index in [1.54, 1.807) is 11.9 Å². The van der Waals surface area contributed by atoms with E-state index in [0.717, 1.165) is 12.8 Å². The van der Waals surface area contributed by atoms with Gasteiger partial charge < -0.3 is 9.80 Å².